The predicted octanol–water partition coefficient (Wildman–Crippen LogP) is 5.99. The predicted molar refractivity (Wildman–Crippen MR) is 114 cm³/mol. The molecule has 0 spiro atoms. The summed E-state index contributed by atoms with van der Waals surface area (Å²) in [5.41, 5.74) is 1.06. The molecule has 0 radical (unpaired) electrons. The number of methoxy groups -OCH3 is 1. The molecular formula is C23H22ClF3N2O2. The molecule has 3 aromatic rings. The van der Waals surface area contributed by atoms with E-state index in [-0.39, 0.29) is 17.4 Å². The Hall–Kier alpha value is -2.67. The summed E-state index contributed by atoms with van der Waals surface area (Å²) >= 11 is 5.84. The third kappa shape index (κ3) is 4.37. The first-order valence-corrected chi connectivity index (χ1v) is 10.4. The van der Waals surface area contributed by atoms with E-state index in [2.05, 4.69) is 4.98 Å². The van der Waals surface area contributed by atoms with Gasteiger partial charge in [0, 0.05) is 42.5 Å². The number of likely N-dealkylation sites (tertiary alicyclic amines) is 1. The highest BCUT2D eigenvalue weighted by atomic mass is 35.5. The molecule has 8 heteroatoms. The Morgan fingerprint density at radius 3 is 2.61 bits per heavy atom. The normalized spacial score (nSPS) is 15.5. The molecule has 4 nitrogen and oxygen atoms in total. The molecule has 1 amide bonds. The fraction of sp³-hybridized carbons (Fsp3) is 0.348. The van der Waals surface area contributed by atoms with Gasteiger partial charge in [-0.15, -0.1) is 0 Å². The number of alkyl halides is 3. The molecule has 2 heterocycles. The van der Waals surface area contributed by atoms with Gasteiger partial charge in [0.2, 0.25) is 5.91 Å². The van der Waals surface area contributed by atoms with Gasteiger partial charge in [-0.05, 0) is 54.3 Å². The molecule has 2 aromatic carbocycles. The number of aromatic amines is 1. The van der Waals surface area contributed by atoms with Gasteiger partial charge in [0.1, 0.15) is 5.75 Å². The van der Waals surface area contributed by atoms with Crippen LogP contribution in [0, 0.1) is 0 Å². The summed E-state index contributed by atoms with van der Waals surface area (Å²) in [5, 5.41) is 0.448. The van der Waals surface area contributed by atoms with Crippen LogP contribution in [0.1, 0.15) is 41.9 Å². The molecule has 0 saturated carbocycles. The van der Waals surface area contributed by atoms with Crippen LogP contribution < -0.4 is 4.74 Å². The first-order chi connectivity index (χ1) is 14.8. The number of fused-ring (bicyclic) bond motifs is 1. The summed E-state index contributed by atoms with van der Waals surface area (Å²) in [4.78, 5) is 17.9. The Labute approximate surface area is 182 Å². The number of H-pyrrole nitrogens is 1. The molecule has 1 fully saturated rings. The lowest BCUT2D eigenvalue weighted by Gasteiger charge is -2.22. The van der Waals surface area contributed by atoms with E-state index in [0.29, 0.717) is 24.4 Å². The number of carbonyl (C=O) groups excluding carboxylic acids is 1. The van der Waals surface area contributed by atoms with E-state index in [9.17, 15) is 18.0 Å². The van der Waals surface area contributed by atoms with E-state index in [1.807, 2.05) is 12.1 Å². The average molecular weight is 451 g/mol. The van der Waals surface area contributed by atoms with Crippen LogP contribution in [0.5, 0.6) is 5.75 Å². The highest BCUT2D eigenvalue weighted by Crippen LogP contribution is 2.40. The molecule has 0 bridgehead atoms. The van der Waals surface area contributed by atoms with Crippen LogP contribution in [-0.4, -0.2) is 36.0 Å². The maximum Gasteiger partial charge on any atom is 0.417 e. The number of hydrogen-bond donors (Lipinski definition) is 1. The fourth-order valence-electron chi connectivity index (χ4n) is 4.19. The molecule has 164 valence electrons. The Balaban J connectivity index is 1.82. The minimum absolute atomic E-state index is 0.0664. The monoisotopic (exact) mass is 450 g/mol. The van der Waals surface area contributed by atoms with Gasteiger partial charge in [0.05, 0.1) is 17.7 Å². The molecule has 31 heavy (non-hydrogen) atoms. The summed E-state index contributed by atoms with van der Waals surface area (Å²) in [6.07, 6.45) is -0.864. The summed E-state index contributed by atoms with van der Waals surface area (Å²) in [5.74, 6) is 0.000587. The van der Waals surface area contributed by atoms with Crippen molar-refractivity contribution in [1.29, 1.82) is 0 Å². The average Bonchev–Trinajstić information content (AvgIpc) is 3.41. The van der Waals surface area contributed by atoms with Crippen molar-refractivity contribution in [1.82, 2.24) is 9.88 Å². The van der Waals surface area contributed by atoms with Crippen LogP contribution in [0.4, 0.5) is 13.2 Å². The Bertz CT molecular complexity index is 1100. The number of carbonyl (C=O) groups is 1. The molecule has 4 rings (SSSR count). The van der Waals surface area contributed by atoms with Crippen molar-refractivity contribution in [2.24, 2.45) is 0 Å². The zero-order valence-electron chi connectivity index (χ0n) is 16.9. The van der Waals surface area contributed by atoms with E-state index >= 15 is 0 Å². The smallest absolute Gasteiger partial charge is 0.417 e. The lowest BCUT2D eigenvalue weighted by Crippen LogP contribution is -2.29. The number of aromatic nitrogens is 1. The van der Waals surface area contributed by atoms with Crippen molar-refractivity contribution in [3.05, 3.63) is 64.3 Å². The second-order valence-corrected chi connectivity index (χ2v) is 8.14. The van der Waals surface area contributed by atoms with E-state index in [1.54, 1.807) is 30.3 Å². The quantitative estimate of drug-likeness (QED) is 0.518. The molecular weight excluding hydrogens is 429 g/mol. The van der Waals surface area contributed by atoms with Gasteiger partial charge in [0.25, 0.3) is 0 Å². The Morgan fingerprint density at radius 2 is 1.94 bits per heavy atom. The van der Waals surface area contributed by atoms with Gasteiger partial charge in [-0.1, -0.05) is 17.7 Å². The second kappa shape index (κ2) is 8.46. The van der Waals surface area contributed by atoms with Gasteiger partial charge in [-0.3, -0.25) is 4.79 Å². The Kier molecular flexibility index (Phi) is 5.88. The number of rotatable bonds is 5. The third-order valence-electron chi connectivity index (χ3n) is 5.83. The zero-order chi connectivity index (χ0) is 22.2. The molecule has 1 unspecified atom stereocenters. The topological polar surface area (TPSA) is 45.3 Å². The molecule has 1 N–H and O–H groups in total. The van der Waals surface area contributed by atoms with Crippen LogP contribution in [0.3, 0.4) is 0 Å². The maximum atomic E-state index is 13.5. The van der Waals surface area contributed by atoms with Crippen LogP contribution in [0.25, 0.3) is 10.9 Å². The number of nitrogens with one attached hydrogen (secondary N) is 1. The number of nitrogens with zero attached hydrogens (tertiary/aromatic N) is 1. The molecule has 1 aliphatic heterocycles. The van der Waals surface area contributed by atoms with Gasteiger partial charge in [0.15, 0.2) is 0 Å². The van der Waals surface area contributed by atoms with Gasteiger partial charge in [-0.25, -0.2) is 0 Å². The fourth-order valence-corrected chi connectivity index (χ4v) is 4.42. The number of ether oxygens (including phenoxy) is 1. The Morgan fingerprint density at radius 1 is 1.19 bits per heavy atom. The van der Waals surface area contributed by atoms with Gasteiger partial charge >= 0.3 is 6.18 Å². The maximum absolute atomic E-state index is 13.5. The summed E-state index contributed by atoms with van der Waals surface area (Å²) in [6, 6.07) is 9.36. The minimum Gasteiger partial charge on any atom is -0.497 e. The summed E-state index contributed by atoms with van der Waals surface area (Å²) < 4.78 is 45.9. The van der Waals surface area contributed by atoms with E-state index in [0.717, 1.165) is 35.4 Å². The zero-order valence-corrected chi connectivity index (χ0v) is 17.7. The van der Waals surface area contributed by atoms with E-state index in [1.165, 1.54) is 6.07 Å². The molecule has 1 atom stereocenters. The summed E-state index contributed by atoms with van der Waals surface area (Å²) in [7, 11) is 1.55. The number of benzene rings is 2. The molecule has 1 aliphatic rings. The molecule has 1 saturated heterocycles. The SMILES string of the molecule is COc1ccc2[nH]cc(C(CC(=O)N3CCCC3)c3ccc(Cl)c(C(F)(F)F)c3)c2c1. The molecule has 1 aromatic heterocycles. The number of amides is 1. The van der Waals surface area contributed by atoms with Gasteiger partial charge in [-0.2, -0.15) is 13.2 Å². The third-order valence-corrected chi connectivity index (χ3v) is 6.16. The van der Waals surface area contributed by atoms with Crippen LogP contribution >= 0.6 is 11.6 Å². The van der Waals surface area contributed by atoms with Crippen LogP contribution in [0.2, 0.25) is 5.02 Å². The summed E-state index contributed by atoms with van der Waals surface area (Å²) in [6.45, 7) is 1.36. The highest BCUT2D eigenvalue weighted by Gasteiger charge is 2.35. The van der Waals surface area contributed by atoms with Crippen molar-refractivity contribution in [3.8, 4) is 5.75 Å². The van der Waals surface area contributed by atoms with Crippen LogP contribution in [-0.2, 0) is 11.0 Å². The van der Waals surface area contributed by atoms with Crippen molar-refractivity contribution >= 4 is 28.4 Å². The molecule has 0 aliphatic carbocycles. The number of halogens is 4. The lowest BCUT2D eigenvalue weighted by atomic mass is 9.87. The van der Waals surface area contributed by atoms with Crippen molar-refractivity contribution in [3.63, 3.8) is 0 Å². The highest BCUT2D eigenvalue weighted by molar-refractivity contribution is 6.31. The lowest BCUT2D eigenvalue weighted by molar-refractivity contribution is -0.137. The van der Waals surface area contributed by atoms with E-state index in [4.69, 9.17) is 16.3 Å². The van der Waals surface area contributed by atoms with E-state index < -0.39 is 17.7 Å². The van der Waals surface area contributed by atoms with Crippen molar-refractivity contribution < 1.29 is 22.7 Å². The number of hydrogen-bond acceptors (Lipinski definition) is 2. The first-order valence-electron chi connectivity index (χ1n) is 10.1. The largest absolute Gasteiger partial charge is 0.497 e. The first kappa shape index (κ1) is 21.6. The standard InChI is InChI=1S/C23H22ClF3N2O2/c1-31-15-5-7-21-17(11-15)18(13-28-21)16(12-22(30)29-8-2-3-9-29)14-4-6-20(24)19(10-14)23(25,26)27/h4-7,10-11,13,16,28H,2-3,8-9,12H2,1H3. The van der Waals surface area contributed by atoms with Crippen molar-refractivity contribution in [2.75, 3.05) is 20.2 Å². The van der Waals surface area contributed by atoms with Crippen molar-refractivity contribution in [2.45, 2.75) is 31.4 Å². The van der Waals surface area contributed by atoms with Crippen LogP contribution in [0.15, 0.2) is 42.6 Å². The second-order valence-electron chi connectivity index (χ2n) is 7.74. The van der Waals surface area contributed by atoms with Gasteiger partial charge < -0.3 is 14.6 Å². The minimum atomic E-state index is -4.58.